The highest BCUT2D eigenvalue weighted by Crippen LogP contribution is 2.26. The van der Waals surface area contributed by atoms with Crippen molar-refractivity contribution in [1.29, 1.82) is 0 Å². The predicted octanol–water partition coefficient (Wildman–Crippen LogP) is 5.17. The molecule has 0 fully saturated rings. The molecule has 1 heterocycles. The molecular formula is C21H15BrO5. The highest BCUT2D eigenvalue weighted by Gasteiger charge is 2.17. The van der Waals surface area contributed by atoms with E-state index in [0.29, 0.717) is 10.2 Å². The van der Waals surface area contributed by atoms with Crippen LogP contribution in [0.3, 0.4) is 0 Å². The minimum atomic E-state index is -0.676. The van der Waals surface area contributed by atoms with E-state index in [1.165, 1.54) is 18.4 Å². The zero-order valence-electron chi connectivity index (χ0n) is 14.3. The number of ketones is 1. The number of allylic oxidation sites excluding steroid dienone is 1. The molecule has 0 saturated carbocycles. The summed E-state index contributed by atoms with van der Waals surface area (Å²) in [6.07, 6.45) is 4.43. The minimum Gasteiger partial charge on any atom is -0.496 e. The zero-order chi connectivity index (χ0) is 19.2. The molecule has 3 aromatic rings. The van der Waals surface area contributed by atoms with E-state index in [9.17, 15) is 9.59 Å². The first kappa shape index (κ1) is 18.7. The van der Waals surface area contributed by atoms with Gasteiger partial charge >= 0.3 is 5.97 Å². The average Bonchev–Trinajstić information content (AvgIpc) is 3.22. The Kier molecular flexibility index (Phi) is 5.88. The molecule has 0 spiro atoms. The van der Waals surface area contributed by atoms with Crippen LogP contribution in [0.4, 0.5) is 0 Å². The van der Waals surface area contributed by atoms with Crippen molar-refractivity contribution in [2.24, 2.45) is 0 Å². The van der Waals surface area contributed by atoms with E-state index >= 15 is 0 Å². The second kappa shape index (κ2) is 8.51. The van der Waals surface area contributed by atoms with E-state index in [1.807, 2.05) is 18.2 Å². The summed E-state index contributed by atoms with van der Waals surface area (Å²) in [6.45, 7) is 0. The average molecular weight is 427 g/mol. The van der Waals surface area contributed by atoms with Crippen molar-refractivity contribution >= 4 is 33.8 Å². The molecule has 3 rings (SSSR count). The normalized spacial score (nSPS) is 10.7. The first-order chi connectivity index (χ1) is 13.1. The summed E-state index contributed by atoms with van der Waals surface area (Å²) in [6, 6.07) is 15.2. The summed E-state index contributed by atoms with van der Waals surface area (Å²) in [7, 11) is 1.56. The number of hydrogen-bond acceptors (Lipinski definition) is 5. The van der Waals surface area contributed by atoms with Gasteiger partial charge in [-0.25, -0.2) is 4.79 Å². The number of esters is 1. The Morgan fingerprint density at radius 2 is 1.85 bits per heavy atom. The fourth-order valence-electron chi connectivity index (χ4n) is 2.39. The highest BCUT2D eigenvalue weighted by molar-refractivity contribution is 9.10. The number of furan rings is 1. The second-order valence-corrected chi connectivity index (χ2v) is 6.36. The van der Waals surface area contributed by atoms with Crippen LogP contribution in [-0.4, -0.2) is 18.9 Å². The summed E-state index contributed by atoms with van der Waals surface area (Å²) in [5.74, 6) is -0.134. The third-order valence-electron chi connectivity index (χ3n) is 3.69. The van der Waals surface area contributed by atoms with Crippen LogP contribution in [0.25, 0.3) is 6.08 Å². The van der Waals surface area contributed by atoms with Crippen molar-refractivity contribution in [3.05, 3.63) is 88.3 Å². The van der Waals surface area contributed by atoms with Gasteiger partial charge in [0.2, 0.25) is 5.76 Å². The first-order valence-corrected chi connectivity index (χ1v) is 8.78. The first-order valence-electron chi connectivity index (χ1n) is 7.99. The molecule has 0 amide bonds. The summed E-state index contributed by atoms with van der Waals surface area (Å²) >= 11 is 3.33. The molecule has 0 radical (unpaired) electrons. The number of methoxy groups -OCH3 is 1. The van der Waals surface area contributed by atoms with Crippen molar-refractivity contribution < 1.29 is 23.5 Å². The molecule has 2 aromatic carbocycles. The van der Waals surface area contributed by atoms with E-state index in [2.05, 4.69) is 15.9 Å². The number of carbonyl (C=O) groups excluding carboxylic acids is 2. The maximum atomic E-state index is 12.7. The third-order valence-corrected chi connectivity index (χ3v) is 4.18. The number of carbonyl (C=O) groups is 2. The quantitative estimate of drug-likeness (QED) is 0.235. The highest BCUT2D eigenvalue weighted by atomic mass is 79.9. The summed E-state index contributed by atoms with van der Waals surface area (Å²) in [5.41, 5.74) is 1.01. The molecule has 0 aliphatic carbocycles. The van der Waals surface area contributed by atoms with Gasteiger partial charge in [0.15, 0.2) is 5.78 Å². The van der Waals surface area contributed by atoms with Crippen molar-refractivity contribution in [3.63, 3.8) is 0 Å². The topological polar surface area (TPSA) is 65.7 Å². The van der Waals surface area contributed by atoms with Gasteiger partial charge in [-0.1, -0.05) is 34.1 Å². The molecular weight excluding hydrogens is 412 g/mol. The number of para-hydroxylation sites is 1. The number of rotatable bonds is 6. The van der Waals surface area contributed by atoms with Gasteiger partial charge in [0.1, 0.15) is 11.5 Å². The van der Waals surface area contributed by atoms with Crippen LogP contribution in [0.2, 0.25) is 0 Å². The number of halogens is 1. The third kappa shape index (κ3) is 4.54. The Labute approximate surface area is 164 Å². The summed E-state index contributed by atoms with van der Waals surface area (Å²) in [4.78, 5) is 24.8. The van der Waals surface area contributed by atoms with Crippen LogP contribution in [0.15, 0.2) is 75.8 Å². The number of benzene rings is 2. The van der Waals surface area contributed by atoms with Crippen molar-refractivity contribution in [2.45, 2.75) is 0 Å². The molecule has 0 N–H and O–H groups in total. The minimum absolute atomic E-state index is 0.0564. The Hall–Kier alpha value is -3.12. The predicted molar refractivity (Wildman–Crippen MR) is 104 cm³/mol. The van der Waals surface area contributed by atoms with Crippen LogP contribution in [0.5, 0.6) is 11.5 Å². The molecule has 27 heavy (non-hydrogen) atoms. The lowest BCUT2D eigenvalue weighted by molar-refractivity contribution is 0.0699. The molecule has 0 aliphatic heterocycles. The smallest absolute Gasteiger partial charge is 0.379 e. The van der Waals surface area contributed by atoms with Gasteiger partial charge in [-0.15, -0.1) is 0 Å². The van der Waals surface area contributed by atoms with Crippen LogP contribution in [-0.2, 0) is 0 Å². The molecule has 0 aliphatic rings. The van der Waals surface area contributed by atoms with E-state index in [0.717, 1.165) is 5.56 Å². The fraction of sp³-hybridized carbons (Fsp3) is 0.0476. The van der Waals surface area contributed by atoms with Gasteiger partial charge in [0.05, 0.1) is 18.9 Å². The van der Waals surface area contributed by atoms with Crippen LogP contribution in [0, 0.1) is 0 Å². The van der Waals surface area contributed by atoms with Gasteiger partial charge in [0, 0.05) is 10.0 Å². The molecule has 0 bridgehead atoms. The lowest BCUT2D eigenvalue weighted by Crippen LogP contribution is -2.10. The second-order valence-electron chi connectivity index (χ2n) is 5.45. The maximum Gasteiger partial charge on any atom is 0.379 e. The molecule has 6 heteroatoms. The standard InChI is InChI=1S/C21H15BrO5/c1-25-18-6-3-2-5-14(18)8-10-17(23)16-13-15(22)9-11-19(16)27-21(24)20-7-4-12-26-20/h2-13H,1H3/b10-8+. The van der Waals surface area contributed by atoms with E-state index in [4.69, 9.17) is 13.9 Å². The zero-order valence-corrected chi connectivity index (χ0v) is 15.9. The van der Waals surface area contributed by atoms with Gasteiger partial charge in [-0.3, -0.25) is 4.79 Å². The van der Waals surface area contributed by atoms with Crippen molar-refractivity contribution in [3.8, 4) is 11.5 Å². The molecule has 0 unspecified atom stereocenters. The van der Waals surface area contributed by atoms with Gasteiger partial charge in [-0.2, -0.15) is 0 Å². The molecule has 0 atom stereocenters. The SMILES string of the molecule is COc1ccccc1/C=C/C(=O)c1cc(Br)ccc1OC(=O)c1ccco1. The Balaban J connectivity index is 1.86. The molecule has 5 nitrogen and oxygen atoms in total. The molecule has 0 saturated heterocycles. The Morgan fingerprint density at radius 1 is 1.04 bits per heavy atom. The van der Waals surface area contributed by atoms with Gasteiger partial charge in [-0.05, 0) is 48.6 Å². The lowest BCUT2D eigenvalue weighted by atomic mass is 10.1. The monoisotopic (exact) mass is 426 g/mol. The largest absolute Gasteiger partial charge is 0.496 e. The Bertz CT molecular complexity index is 990. The fourth-order valence-corrected chi connectivity index (χ4v) is 2.75. The van der Waals surface area contributed by atoms with E-state index in [-0.39, 0.29) is 22.9 Å². The lowest BCUT2D eigenvalue weighted by Gasteiger charge is -2.08. The number of hydrogen-bond donors (Lipinski definition) is 0. The van der Waals surface area contributed by atoms with E-state index < -0.39 is 5.97 Å². The van der Waals surface area contributed by atoms with Gasteiger partial charge < -0.3 is 13.9 Å². The van der Waals surface area contributed by atoms with Crippen molar-refractivity contribution in [2.75, 3.05) is 7.11 Å². The molecule has 136 valence electrons. The van der Waals surface area contributed by atoms with Crippen LogP contribution in [0.1, 0.15) is 26.5 Å². The van der Waals surface area contributed by atoms with E-state index in [1.54, 1.807) is 43.5 Å². The summed E-state index contributed by atoms with van der Waals surface area (Å²) in [5, 5.41) is 0. The van der Waals surface area contributed by atoms with Crippen molar-refractivity contribution in [1.82, 2.24) is 0 Å². The number of ether oxygens (including phenoxy) is 2. The summed E-state index contributed by atoms with van der Waals surface area (Å²) < 4.78 is 16.3. The maximum absolute atomic E-state index is 12.7. The van der Waals surface area contributed by atoms with Gasteiger partial charge in [0.25, 0.3) is 0 Å². The Morgan fingerprint density at radius 3 is 2.59 bits per heavy atom. The molecule has 1 aromatic heterocycles. The van der Waals surface area contributed by atoms with Crippen LogP contribution >= 0.6 is 15.9 Å². The van der Waals surface area contributed by atoms with Crippen LogP contribution < -0.4 is 9.47 Å².